The Labute approximate surface area is 113 Å². The highest BCUT2D eigenvalue weighted by atomic mass is 16.1. The zero-order valence-electron chi connectivity index (χ0n) is 11.2. The molecular weight excluding hydrogens is 242 g/mol. The van der Waals surface area contributed by atoms with Crippen molar-refractivity contribution in [3.63, 3.8) is 0 Å². The minimum absolute atomic E-state index is 0.121. The molecule has 2 rings (SSSR count). The number of hydrogen-bond acceptors (Lipinski definition) is 5. The highest BCUT2D eigenvalue weighted by Gasteiger charge is 2.21. The molecule has 0 aliphatic carbocycles. The molecule has 104 valence electrons. The monoisotopic (exact) mass is 263 g/mol. The summed E-state index contributed by atoms with van der Waals surface area (Å²) < 4.78 is 0. The smallest absolute Gasteiger partial charge is 0.255 e. The van der Waals surface area contributed by atoms with Crippen molar-refractivity contribution in [2.24, 2.45) is 5.84 Å². The third-order valence-electron chi connectivity index (χ3n) is 3.51. The van der Waals surface area contributed by atoms with Crippen LogP contribution in [0.25, 0.3) is 0 Å². The van der Waals surface area contributed by atoms with E-state index in [0.717, 1.165) is 32.5 Å². The number of carbonyl (C=O) groups is 1. The predicted molar refractivity (Wildman–Crippen MR) is 74.6 cm³/mol. The molecule has 6 heteroatoms. The van der Waals surface area contributed by atoms with Crippen LogP contribution in [0.3, 0.4) is 0 Å². The summed E-state index contributed by atoms with van der Waals surface area (Å²) in [5.74, 6) is 5.28. The number of hydrazine groups is 1. The summed E-state index contributed by atoms with van der Waals surface area (Å²) in [6, 6.07) is 1.89. The Balaban J connectivity index is 2.00. The van der Waals surface area contributed by atoms with Crippen LogP contribution in [-0.4, -0.2) is 41.5 Å². The third kappa shape index (κ3) is 3.42. The molecule has 1 unspecified atom stereocenters. The minimum Gasteiger partial charge on any atom is -0.348 e. The fourth-order valence-electron chi connectivity index (χ4n) is 2.42. The van der Waals surface area contributed by atoms with Crippen molar-refractivity contribution in [1.82, 2.24) is 15.2 Å². The van der Waals surface area contributed by atoms with E-state index in [2.05, 4.69) is 27.6 Å². The van der Waals surface area contributed by atoms with E-state index in [0.29, 0.717) is 11.3 Å². The summed E-state index contributed by atoms with van der Waals surface area (Å²) >= 11 is 0. The van der Waals surface area contributed by atoms with Gasteiger partial charge >= 0.3 is 0 Å². The molecule has 4 N–H and O–H groups in total. The van der Waals surface area contributed by atoms with Gasteiger partial charge in [0, 0.05) is 25.0 Å². The van der Waals surface area contributed by atoms with E-state index >= 15 is 0 Å². The molecule has 0 radical (unpaired) electrons. The zero-order chi connectivity index (χ0) is 13.7. The number of piperidine rings is 1. The van der Waals surface area contributed by atoms with Gasteiger partial charge in [0.1, 0.15) is 0 Å². The Morgan fingerprint density at radius 1 is 1.63 bits per heavy atom. The first-order valence-electron chi connectivity index (χ1n) is 6.68. The number of amides is 1. The number of hydrogen-bond donors (Lipinski definition) is 3. The van der Waals surface area contributed by atoms with Crippen LogP contribution in [0, 0.1) is 0 Å². The third-order valence-corrected chi connectivity index (χ3v) is 3.51. The van der Waals surface area contributed by atoms with Crippen molar-refractivity contribution in [3.05, 3.63) is 24.0 Å². The molecule has 1 amide bonds. The lowest BCUT2D eigenvalue weighted by atomic mass is 10.1. The summed E-state index contributed by atoms with van der Waals surface area (Å²) in [7, 11) is 0. The van der Waals surface area contributed by atoms with Gasteiger partial charge < -0.3 is 15.6 Å². The average molecular weight is 263 g/mol. The Kier molecular flexibility index (Phi) is 4.70. The number of nitrogens with one attached hydrogen (secondary N) is 2. The topological polar surface area (TPSA) is 83.3 Å². The Morgan fingerprint density at radius 3 is 3.21 bits per heavy atom. The molecule has 1 aliphatic rings. The first kappa shape index (κ1) is 13.8. The first-order chi connectivity index (χ1) is 9.24. The largest absolute Gasteiger partial charge is 0.348 e. The number of pyridine rings is 1. The highest BCUT2D eigenvalue weighted by molar-refractivity contribution is 5.99. The molecule has 1 aliphatic heterocycles. The van der Waals surface area contributed by atoms with Crippen molar-refractivity contribution in [1.29, 1.82) is 0 Å². The average Bonchev–Trinajstić information content (AvgIpc) is 2.47. The molecule has 0 saturated carbocycles. The first-order valence-corrected chi connectivity index (χ1v) is 6.68. The number of anilines is 1. The number of nitrogen functional groups attached to an aromatic ring is 1. The molecule has 1 atom stereocenters. The van der Waals surface area contributed by atoms with E-state index in [1.807, 2.05) is 0 Å². The second-order valence-corrected chi connectivity index (χ2v) is 4.77. The second kappa shape index (κ2) is 6.49. The van der Waals surface area contributed by atoms with Gasteiger partial charge in [-0.1, -0.05) is 6.92 Å². The van der Waals surface area contributed by atoms with E-state index in [1.54, 1.807) is 12.3 Å². The Hall–Kier alpha value is -1.66. The summed E-state index contributed by atoms with van der Waals surface area (Å²) in [5, 5.41) is 3.06. The maximum Gasteiger partial charge on any atom is 0.255 e. The number of carbonyl (C=O) groups excluding carboxylic acids is 1. The molecule has 1 saturated heterocycles. The van der Waals surface area contributed by atoms with Crippen molar-refractivity contribution in [3.8, 4) is 0 Å². The number of nitrogens with zero attached hydrogens (tertiary/aromatic N) is 2. The van der Waals surface area contributed by atoms with E-state index in [1.165, 1.54) is 6.20 Å². The molecule has 0 bridgehead atoms. The van der Waals surface area contributed by atoms with Gasteiger partial charge in [0.2, 0.25) is 0 Å². The second-order valence-electron chi connectivity index (χ2n) is 4.77. The van der Waals surface area contributed by atoms with Crippen LogP contribution in [-0.2, 0) is 0 Å². The van der Waals surface area contributed by atoms with Gasteiger partial charge in [0.25, 0.3) is 5.91 Å². The van der Waals surface area contributed by atoms with Crippen LogP contribution in [0.1, 0.15) is 30.1 Å². The normalized spacial score (nSPS) is 20.0. The zero-order valence-corrected chi connectivity index (χ0v) is 11.2. The maximum atomic E-state index is 12.2. The van der Waals surface area contributed by atoms with Crippen molar-refractivity contribution < 1.29 is 4.79 Å². The maximum absolute atomic E-state index is 12.2. The lowest BCUT2D eigenvalue weighted by Gasteiger charge is -2.32. The summed E-state index contributed by atoms with van der Waals surface area (Å²) in [4.78, 5) is 18.5. The van der Waals surface area contributed by atoms with E-state index in [9.17, 15) is 4.79 Å². The molecule has 0 spiro atoms. The molecule has 1 fully saturated rings. The van der Waals surface area contributed by atoms with Crippen molar-refractivity contribution in [2.45, 2.75) is 25.8 Å². The van der Waals surface area contributed by atoms with Gasteiger partial charge in [-0.2, -0.15) is 0 Å². The highest BCUT2D eigenvalue weighted by Crippen LogP contribution is 2.14. The van der Waals surface area contributed by atoms with Crippen LogP contribution in [0.4, 0.5) is 5.69 Å². The lowest BCUT2D eigenvalue weighted by molar-refractivity contribution is 0.0906. The van der Waals surface area contributed by atoms with Gasteiger partial charge in [-0.15, -0.1) is 0 Å². The minimum atomic E-state index is -0.121. The molecule has 0 aromatic carbocycles. The molecule has 1 aromatic heterocycles. The summed E-state index contributed by atoms with van der Waals surface area (Å²) in [5.41, 5.74) is 3.60. The van der Waals surface area contributed by atoms with Gasteiger partial charge in [-0.25, -0.2) is 0 Å². The standard InChI is InChI=1S/C13H21N5O/c1-2-18-7-3-4-10(9-18)16-13(19)11-8-15-6-5-12(11)17-14/h5-6,8,10H,2-4,7,9,14H2,1H3,(H,15,17)(H,16,19). The molecule has 1 aromatic rings. The van der Waals surface area contributed by atoms with Crippen LogP contribution in [0.2, 0.25) is 0 Å². The molecule has 2 heterocycles. The van der Waals surface area contributed by atoms with Gasteiger partial charge in [-0.3, -0.25) is 15.6 Å². The van der Waals surface area contributed by atoms with Crippen molar-refractivity contribution >= 4 is 11.6 Å². The summed E-state index contributed by atoms with van der Waals surface area (Å²) in [6.45, 7) is 5.19. The summed E-state index contributed by atoms with van der Waals surface area (Å²) in [6.07, 6.45) is 5.28. The lowest BCUT2D eigenvalue weighted by Crippen LogP contribution is -2.47. The van der Waals surface area contributed by atoms with Crippen LogP contribution in [0.15, 0.2) is 18.5 Å². The molecule has 19 heavy (non-hydrogen) atoms. The van der Waals surface area contributed by atoms with Crippen molar-refractivity contribution in [2.75, 3.05) is 25.1 Å². The number of rotatable bonds is 4. The van der Waals surface area contributed by atoms with E-state index in [4.69, 9.17) is 5.84 Å². The number of likely N-dealkylation sites (tertiary alicyclic amines) is 1. The quantitative estimate of drug-likeness (QED) is 0.547. The SMILES string of the molecule is CCN1CCCC(NC(=O)c2cnccc2NN)C1. The van der Waals surface area contributed by atoms with E-state index in [-0.39, 0.29) is 11.9 Å². The fraction of sp³-hybridized carbons (Fsp3) is 0.538. The number of aromatic nitrogens is 1. The van der Waals surface area contributed by atoms with Gasteiger partial charge in [0.15, 0.2) is 0 Å². The molecular formula is C13H21N5O. The van der Waals surface area contributed by atoms with Crippen LogP contribution >= 0.6 is 0 Å². The van der Waals surface area contributed by atoms with Gasteiger partial charge in [0.05, 0.1) is 11.3 Å². The predicted octanol–water partition coefficient (Wildman–Crippen LogP) is 0.581. The number of nitrogens with two attached hydrogens (primary N) is 1. The van der Waals surface area contributed by atoms with Crippen LogP contribution in [0.5, 0.6) is 0 Å². The fourth-order valence-corrected chi connectivity index (χ4v) is 2.42. The molecule has 6 nitrogen and oxygen atoms in total. The van der Waals surface area contributed by atoms with E-state index < -0.39 is 0 Å². The Morgan fingerprint density at radius 2 is 2.47 bits per heavy atom. The Bertz CT molecular complexity index is 437. The van der Waals surface area contributed by atoms with Gasteiger partial charge in [-0.05, 0) is 32.0 Å². The number of likely N-dealkylation sites (N-methyl/N-ethyl adjacent to an activating group) is 1. The van der Waals surface area contributed by atoms with Crippen LogP contribution < -0.4 is 16.6 Å².